The molecule has 2 aliphatic heterocycles. The molecule has 0 spiro atoms. The summed E-state index contributed by atoms with van der Waals surface area (Å²) >= 11 is 0. The third-order valence-electron chi connectivity index (χ3n) is 5.88. The first-order valence-electron chi connectivity index (χ1n) is 12.7. The van der Waals surface area contributed by atoms with Crippen molar-refractivity contribution >= 4 is 17.9 Å². The van der Waals surface area contributed by atoms with Gasteiger partial charge in [0, 0.05) is 35.8 Å². The summed E-state index contributed by atoms with van der Waals surface area (Å²) < 4.78 is 23.3. The van der Waals surface area contributed by atoms with Crippen molar-refractivity contribution in [1.29, 1.82) is 0 Å². The van der Waals surface area contributed by atoms with E-state index in [-0.39, 0.29) is 0 Å². The van der Waals surface area contributed by atoms with Crippen LogP contribution >= 0.6 is 0 Å². The number of likely N-dealkylation sites (tertiary alicyclic amines) is 1. The molecule has 0 unspecified atom stereocenters. The van der Waals surface area contributed by atoms with Crippen LogP contribution in [0, 0.1) is 0 Å². The van der Waals surface area contributed by atoms with Gasteiger partial charge in [0.25, 0.3) is 0 Å². The molecule has 8 nitrogen and oxygen atoms in total. The second-order valence-corrected chi connectivity index (χ2v) is 8.74. The van der Waals surface area contributed by atoms with Gasteiger partial charge >= 0.3 is 0 Å². The van der Waals surface area contributed by atoms with Crippen molar-refractivity contribution < 1.29 is 18.6 Å². The van der Waals surface area contributed by atoms with Crippen LogP contribution in [-0.4, -0.2) is 56.5 Å². The number of hydrogen-bond donors (Lipinski definition) is 1. The van der Waals surface area contributed by atoms with Crippen LogP contribution in [0.15, 0.2) is 69.4 Å². The van der Waals surface area contributed by atoms with E-state index >= 15 is 0 Å². The predicted molar refractivity (Wildman–Crippen MR) is 143 cm³/mol. The highest BCUT2D eigenvalue weighted by Crippen LogP contribution is 2.24. The van der Waals surface area contributed by atoms with Gasteiger partial charge in [0.15, 0.2) is 0 Å². The zero-order valence-corrected chi connectivity index (χ0v) is 21.0. The van der Waals surface area contributed by atoms with Gasteiger partial charge in [0.2, 0.25) is 5.96 Å². The molecule has 0 atom stereocenters. The van der Waals surface area contributed by atoms with E-state index in [0.717, 1.165) is 48.0 Å². The highest BCUT2D eigenvalue weighted by molar-refractivity contribution is 6.01. The fourth-order valence-electron chi connectivity index (χ4n) is 4.03. The number of benzene rings is 1. The first-order valence-corrected chi connectivity index (χ1v) is 12.7. The van der Waals surface area contributed by atoms with Crippen molar-refractivity contribution in [2.75, 3.05) is 44.8 Å². The number of rotatable bonds is 5. The third-order valence-corrected chi connectivity index (χ3v) is 5.88. The molecule has 0 aliphatic carbocycles. The molecular weight excluding hydrogens is 456 g/mol. The lowest BCUT2D eigenvalue weighted by atomic mass is 10.1. The average molecular weight is 493 g/mol. The second-order valence-electron chi connectivity index (χ2n) is 8.74. The standard InChI is InChI=1S/C28H36N4O4/c1-2-10-29-28-30-19-23-17-26(36-20-23)22-34-15-7-6-14-33-21-24-18-25(31-28)8-9-27(24)35-16-13-32-11-4-3-5-12-32/h2,6-10,17-20H,3-5,11-16,21-22H2,1H3,(H,29,31)/b7-6+,10-2-,30-19+. The van der Waals surface area contributed by atoms with Gasteiger partial charge in [-0.05, 0) is 57.1 Å². The van der Waals surface area contributed by atoms with Gasteiger partial charge in [-0.2, -0.15) is 0 Å². The molecular formula is C28H36N4O4. The number of anilines is 1. The van der Waals surface area contributed by atoms with Crippen molar-refractivity contribution in [2.24, 2.45) is 9.98 Å². The van der Waals surface area contributed by atoms with Crippen LogP contribution in [0.2, 0.25) is 0 Å². The minimum absolute atomic E-state index is 0.388. The Labute approximate surface area is 213 Å². The van der Waals surface area contributed by atoms with Crippen LogP contribution in [0.25, 0.3) is 0 Å². The summed E-state index contributed by atoms with van der Waals surface area (Å²) in [6.07, 6.45) is 14.7. The van der Waals surface area contributed by atoms with E-state index in [4.69, 9.17) is 18.6 Å². The predicted octanol–water partition coefficient (Wildman–Crippen LogP) is 5.17. The SMILES string of the molecule is C\C=C/N=C1/N=C/c2coc(c2)COC/C=C/COCc2cc(ccc2OCCN2CCCCC2)N1. The zero-order valence-electron chi connectivity index (χ0n) is 21.0. The molecule has 1 aromatic carbocycles. The summed E-state index contributed by atoms with van der Waals surface area (Å²) in [5.74, 6) is 2.03. The lowest BCUT2D eigenvalue weighted by Crippen LogP contribution is -2.33. The van der Waals surface area contributed by atoms with Crippen molar-refractivity contribution in [3.8, 4) is 5.75 Å². The first-order chi connectivity index (χ1) is 17.8. The van der Waals surface area contributed by atoms with E-state index in [1.165, 1.54) is 19.3 Å². The molecule has 3 heterocycles. The van der Waals surface area contributed by atoms with Gasteiger partial charge in [-0.1, -0.05) is 24.6 Å². The Morgan fingerprint density at radius 1 is 1.08 bits per heavy atom. The Kier molecular flexibility index (Phi) is 10.3. The number of aliphatic imine (C=N–C) groups is 2. The van der Waals surface area contributed by atoms with Crippen molar-refractivity contribution in [2.45, 2.75) is 39.4 Å². The molecule has 2 aromatic rings. The number of furan rings is 1. The van der Waals surface area contributed by atoms with Crippen LogP contribution in [0.3, 0.4) is 0 Å². The molecule has 0 saturated carbocycles. The molecule has 0 radical (unpaired) electrons. The summed E-state index contributed by atoms with van der Waals surface area (Å²) in [4.78, 5) is 11.4. The fourth-order valence-corrected chi connectivity index (χ4v) is 4.03. The number of ether oxygens (including phenoxy) is 3. The number of allylic oxidation sites excluding steroid dienone is 1. The van der Waals surface area contributed by atoms with E-state index in [2.05, 4.69) is 20.2 Å². The number of piperidine rings is 1. The molecule has 1 N–H and O–H groups in total. The molecule has 1 aromatic heterocycles. The second kappa shape index (κ2) is 14.4. The normalized spacial score (nSPS) is 21.0. The lowest BCUT2D eigenvalue weighted by Gasteiger charge is -2.26. The Morgan fingerprint density at radius 2 is 1.92 bits per heavy atom. The summed E-state index contributed by atoms with van der Waals surface area (Å²) in [5.41, 5.74) is 2.67. The Bertz CT molecular complexity index is 1070. The van der Waals surface area contributed by atoms with Crippen LogP contribution in [0.1, 0.15) is 43.1 Å². The third kappa shape index (κ3) is 8.48. The summed E-state index contributed by atoms with van der Waals surface area (Å²) in [6.45, 7) is 7.61. The number of fused-ring (bicyclic) bond motifs is 4. The summed E-state index contributed by atoms with van der Waals surface area (Å²) in [5, 5.41) is 3.31. The maximum atomic E-state index is 6.19. The Hall–Kier alpha value is -3.20. The van der Waals surface area contributed by atoms with Crippen LogP contribution < -0.4 is 10.1 Å². The van der Waals surface area contributed by atoms with Gasteiger partial charge < -0.3 is 23.9 Å². The fraction of sp³-hybridized carbons (Fsp3) is 0.429. The van der Waals surface area contributed by atoms with Gasteiger partial charge in [-0.25, -0.2) is 9.98 Å². The topological polar surface area (TPSA) is 80.8 Å². The van der Waals surface area contributed by atoms with E-state index in [1.54, 1.807) is 18.7 Å². The van der Waals surface area contributed by atoms with Crippen molar-refractivity contribution in [3.05, 3.63) is 71.8 Å². The van der Waals surface area contributed by atoms with E-state index < -0.39 is 0 Å². The molecule has 1 fully saturated rings. The van der Waals surface area contributed by atoms with Crippen molar-refractivity contribution in [3.63, 3.8) is 0 Å². The van der Waals surface area contributed by atoms with Gasteiger partial charge in [-0.3, -0.25) is 4.90 Å². The molecule has 192 valence electrons. The first kappa shape index (κ1) is 25.9. The van der Waals surface area contributed by atoms with Crippen molar-refractivity contribution in [1.82, 2.24) is 4.90 Å². The molecule has 4 bridgehead atoms. The number of hydrogen-bond acceptors (Lipinski definition) is 6. The van der Waals surface area contributed by atoms with Gasteiger partial charge in [-0.15, -0.1) is 0 Å². The maximum absolute atomic E-state index is 6.19. The monoisotopic (exact) mass is 492 g/mol. The maximum Gasteiger partial charge on any atom is 0.227 e. The van der Waals surface area contributed by atoms with Crippen LogP contribution in [0.4, 0.5) is 5.69 Å². The number of guanidine groups is 1. The number of nitrogens with one attached hydrogen (secondary N) is 1. The van der Waals surface area contributed by atoms with E-state index in [1.807, 2.05) is 49.4 Å². The minimum Gasteiger partial charge on any atom is -0.492 e. The average Bonchev–Trinajstić information content (AvgIpc) is 3.36. The highest BCUT2D eigenvalue weighted by Gasteiger charge is 2.12. The molecule has 2 aliphatic rings. The van der Waals surface area contributed by atoms with Crippen LogP contribution in [-0.2, 0) is 22.7 Å². The Morgan fingerprint density at radius 3 is 2.75 bits per heavy atom. The van der Waals surface area contributed by atoms with Gasteiger partial charge in [0.05, 0.1) is 26.1 Å². The lowest BCUT2D eigenvalue weighted by molar-refractivity contribution is 0.128. The number of nitrogens with zero attached hydrogens (tertiary/aromatic N) is 3. The molecule has 0 amide bonds. The molecule has 1 saturated heterocycles. The van der Waals surface area contributed by atoms with E-state index in [9.17, 15) is 0 Å². The quantitative estimate of drug-likeness (QED) is 0.580. The summed E-state index contributed by atoms with van der Waals surface area (Å²) in [7, 11) is 0. The smallest absolute Gasteiger partial charge is 0.227 e. The van der Waals surface area contributed by atoms with Crippen LogP contribution in [0.5, 0.6) is 5.75 Å². The molecule has 8 heteroatoms. The largest absolute Gasteiger partial charge is 0.492 e. The van der Waals surface area contributed by atoms with Gasteiger partial charge in [0.1, 0.15) is 24.7 Å². The Balaban J connectivity index is 1.51. The highest BCUT2D eigenvalue weighted by atomic mass is 16.5. The molecule has 4 rings (SSSR count). The molecule has 36 heavy (non-hydrogen) atoms. The zero-order chi connectivity index (χ0) is 24.8. The summed E-state index contributed by atoms with van der Waals surface area (Å²) in [6, 6.07) is 7.90. The van der Waals surface area contributed by atoms with E-state index in [0.29, 0.717) is 39.0 Å². The minimum atomic E-state index is 0.388.